The van der Waals surface area contributed by atoms with Gasteiger partial charge in [0.1, 0.15) is 5.75 Å². The number of hydrogen-bond donors (Lipinski definition) is 2. The highest BCUT2D eigenvalue weighted by Gasteiger charge is 2.32. The maximum absolute atomic E-state index is 12.3. The summed E-state index contributed by atoms with van der Waals surface area (Å²) >= 11 is 5.57. The second-order valence-corrected chi connectivity index (χ2v) is 6.82. The Bertz CT molecular complexity index is 473. The number of amides is 1. The standard InChI is InChI=1S/C14H17BrINO2/c15-9-14(6-2-1-3-7-14)17-13(19)10-4-5-11(16)12(18)8-10/h4-5,8,18H,1-3,6-7,9H2,(H,17,19). The van der Waals surface area contributed by atoms with Crippen molar-refractivity contribution in [2.75, 3.05) is 5.33 Å². The number of nitrogens with one attached hydrogen (secondary N) is 1. The van der Waals surface area contributed by atoms with E-state index < -0.39 is 0 Å². The predicted octanol–water partition coefficient (Wildman–Crippen LogP) is 3.82. The van der Waals surface area contributed by atoms with Crippen molar-refractivity contribution in [3.63, 3.8) is 0 Å². The van der Waals surface area contributed by atoms with Gasteiger partial charge in [-0.15, -0.1) is 0 Å². The van der Waals surface area contributed by atoms with Gasteiger partial charge < -0.3 is 10.4 Å². The van der Waals surface area contributed by atoms with Crippen LogP contribution in [0, 0.1) is 3.57 Å². The molecule has 1 aromatic rings. The molecule has 1 aliphatic rings. The fourth-order valence-corrected chi connectivity index (χ4v) is 3.52. The van der Waals surface area contributed by atoms with Crippen molar-refractivity contribution in [3.05, 3.63) is 27.3 Å². The van der Waals surface area contributed by atoms with Gasteiger partial charge in [0.2, 0.25) is 0 Å². The van der Waals surface area contributed by atoms with Gasteiger partial charge in [-0.1, -0.05) is 35.2 Å². The average molecular weight is 438 g/mol. The molecule has 0 aromatic heterocycles. The van der Waals surface area contributed by atoms with E-state index in [4.69, 9.17) is 0 Å². The van der Waals surface area contributed by atoms with E-state index in [1.54, 1.807) is 12.1 Å². The largest absolute Gasteiger partial charge is 0.507 e. The van der Waals surface area contributed by atoms with Crippen LogP contribution in [0.15, 0.2) is 18.2 Å². The zero-order chi connectivity index (χ0) is 13.9. The van der Waals surface area contributed by atoms with Crippen LogP contribution in [0.4, 0.5) is 0 Å². The normalized spacial score (nSPS) is 18.0. The minimum Gasteiger partial charge on any atom is -0.507 e. The molecule has 0 bridgehead atoms. The summed E-state index contributed by atoms with van der Waals surface area (Å²) < 4.78 is 0.752. The monoisotopic (exact) mass is 437 g/mol. The maximum atomic E-state index is 12.3. The number of carbonyl (C=O) groups excluding carboxylic acids is 1. The summed E-state index contributed by atoms with van der Waals surface area (Å²) in [5.74, 6) is 0.0536. The third-order valence-corrected chi connectivity index (χ3v) is 5.64. The first-order chi connectivity index (χ1) is 9.06. The molecule has 1 fully saturated rings. The van der Waals surface area contributed by atoms with Gasteiger partial charge in [-0.05, 0) is 53.6 Å². The summed E-state index contributed by atoms with van der Waals surface area (Å²) in [4.78, 5) is 12.3. The zero-order valence-electron chi connectivity index (χ0n) is 10.6. The number of phenols is 1. The SMILES string of the molecule is O=C(NC1(CBr)CCCCC1)c1ccc(I)c(O)c1. The maximum Gasteiger partial charge on any atom is 0.251 e. The Labute approximate surface area is 135 Å². The van der Waals surface area contributed by atoms with Gasteiger partial charge in [0, 0.05) is 10.9 Å². The molecule has 2 N–H and O–H groups in total. The van der Waals surface area contributed by atoms with Crippen LogP contribution >= 0.6 is 38.5 Å². The summed E-state index contributed by atoms with van der Waals surface area (Å²) in [5.41, 5.74) is 0.386. The van der Waals surface area contributed by atoms with Crippen molar-refractivity contribution in [2.24, 2.45) is 0 Å². The molecule has 0 unspecified atom stereocenters. The van der Waals surface area contributed by atoms with Gasteiger partial charge >= 0.3 is 0 Å². The molecular formula is C14H17BrINO2. The Hall–Kier alpha value is -0.300. The molecule has 0 spiro atoms. The van der Waals surface area contributed by atoms with Gasteiger partial charge in [0.05, 0.1) is 9.11 Å². The molecule has 0 radical (unpaired) electrons. The van der Waals surface area contributed by atoms with E-state index in [0.29, 0.717) is 5.56 Å². The molecule has 19 heavy (non-hydrogen) atoms. The van der Waals surface area contributed by atoms with Crippen LogP contribution in [0.1, 0.15) is 42.5 Å². The first-order valence-corrected chi connectivity index (χ1v) is 8.63. The summed E-state index contributed by atoms with van der Waals surface area (Å²) in [6.45, 7) is 0. The first-order valence-electron chi connectivity index (χ1n) is 6.43. The average Bonchev–Trinajstić information content (AvgIpc) is 2.43. The highest BCUT2D eigenvalue weighted by Crippen LogP contribution is 2.30. The highest BCUT2D eigenvalue weighted by molar-refractivity contribution is 14.1. The number of benzene rings is 1. The minimum absolute atomic E-state index is 0.104. The van der Waals surface area contributed by atoms with Crippen LogP contribution in [0.2, 0.25) is 0 Å². The second kappa shape index (κ2) is 6.43. The van der Waals surface area contributed by atoms with Gasteiger partial charge in [-0.25, -0.2) is 0 Å². The fraction of sp³-hybridized carbons (Fsp3) is 0.500. The fourth-order valence-electron chi connectivity index (χ4n) is 2.49. The Balaban J connectivity index is 2.12. The van der Waals surface area contributed by atoms with E-state index in [1.807, 2.05) is 22.6 Å². The second-order valence-electron chi connectivity index (χ2n) is 5.09. The third-order valence-electron chi connectivity index (χ3n) is 3.65. The van der Waals surface area contributed by atoms with Crippen LogP contribution in [-0.4, -0.2) is 21.9 Å². The van der Waals surface area contributed by atoms with Gasteiger partial charge in [-0.2, -0.15) is 0 Å². The predicted molar refractivity (Wildman–Crippen MR) is 87.9 cm³/mol. The molecule has 104 valence electrons. The van der Waals surface area contributed by atoms with Crippen LogP contribution in [0.5, 0.6) is 5.75 Å². The van der Waals surface area contributed by atoms with Crippen LogP contribution in [-0.2, 0) is 0 Å². The highest BCUT2D eigenvalue weighted by atomic mass is 127. The van der Waals surface area contributed by atoms with Gasteiger partial charge in [0.25, 0.3) is 5.91 Å². The molecule has 0 heterocycles. The van der Waals surface area contributed by atoms with E-state index >= 15 is 0 Å². The van der Waals surface area contributed by atoms with E-state index in [0.717, 1.165) is 34.6 Å². The van der Waals surface area contributed by atoms with Crippen molar-refractivity contribution < 1.29 is 9.90 Å². The molecule has 1 aromatic carbocycles. The van der Waals surface area contributed by atoms with Crippen molar-refractivity contribution in [2.45, 2.75) is 37.6 Å². The number of carbonyl (C=O) groups is 1. The number of hydrogen-bond acceptors (Lipinski definition) is 2. The molecule has 0 aliphatic heterocycles. The lowest BCUT2D eigenvalue weighted by Gasteiger charge is -2.36. The molecule has 3 nitrogen and oxygen atoms in total. The van der Waals surface area contributed by atoms with Crippen molar-refractivity contribution in [3.8, 4) is 5.75 Å². The zero-order valence-corrected chi connectivity index (χ0v) is 14.3. The first kappa shape index (κ1) is 15.1. The van der Waals surface area contributed by atoms with Crippen molar-refractivity contribution in [1.29, 1.82) is 0 Å². The summed E-state index contributed by atoms with van der Waals surface area (Å²) in [6, 6.07) is 5.04. The van der Waals surface area contributed by atoms with E-state index in [9.17, 15) is 9.90 Å². The molecule has 1 aliphatic carbocycles. The van der Waals surface area contributed by atoms with Crippen molar-refractivity contribution in [1.82, 2.24) is 5.32 Å². The number of phenolic OH excluding ortho intramolecular Hbond substituents is 1. The summed E-state index contributed by atoms with van der Waals surface area (Å²) in [7, 11) is 0. The lowest BCUT2D eigenvalue weighted by Crippen LogP contribution is -2.51. The number of aromatic hydroxyl groups is 1. The van der Waals surface area contributed by atoms with E-state index in [2.05, 4.69) is 21.2 Å². The Morgan fingerprint density at radius 3 is 2.63 bits per heavy atom. The number of halogens is 2. The Morgan fingerprint density at radius 2 is 2.05 bits per heavy atom. The number of alkyl halides is 1. The van der Waals surface area contributed by atoms with Crippen LogP contribution in [0.3, 0.4) is 0 Å². The van der Waals surface area contributed by atoms with Crippen LogP contribution in [0.25, 0.3) is 0 Å². The topological polar surface area (TPSA) is 49.3 Å². The molecule has 1 amide bonds. The molecule has 1 saturated carbocycles. The Kier molecular flexibility index (Phi) is 5.11. The smallest absolute Gasteiger partial charge is 0.251 e. The Morgan fingerprint density at radius 1 is 1.37 bits per heavy atom. The quantitative estimate of drug-likeness (QED) is 0.557. The lowest BCUT2D eigenvalue weighted by atomic mass is 9.83. The molecule has 5 heteroatoms. The third kappa shape index (κ3) is 3.62. The molecule has 2 rings (SSSR count). The number of rotatable bonds is 3. The molecule has 0 atom stereocenters. The van der Waals surface area contributed by atoms with E-state index in [-0.39, 0.29) is 17.2 Å². The summed E-state index contributed by atoms with van der Waals surface area (Å²) in [5, 5.41) is 13.6. The van der Waals surface area contributed by atoms with Crippen molar-refractivity contribution >= 4 is 44.4 Å². The van der Waals surface area contributed by atoms with E-state index in [1.165, 1.54) is 12.5 Å². The van der Waals surface area contributed by atoms with Crippen LogP contribution < -0.4 is 5.32 Å². The minimum atomic E-state index is -0.131. The van der Waals surface area contributed by atoms with Gasteiger partial charge in [0.15, 0.2) is 0 Å². The molecular weight excluding hydrogens is 421 g/mol. The molecule has 0 saturated heterocycles. The summed E-state index contributed by atoms with van der Waals surface area (Å²) in [6.07, 6.45) is 5.59. The lowest BCUT2D eigenvalue weighted by molar-refractivity contribution is 0.0886. The van der Waals surface area contributed by atoms with Gasteiger partial charge in [-0.3, -0.25) is 4.79 Å².